The van der Waals surface area contributed by atoms with E-state index in [2.05, 4.69) is 0 Å². The predicted molar refractivity (Wildman–Crippen MR) is 60.8 cm³/mol. The Bertz CT molecular complexity index is 433. The van der Waals surface area contributed by atoms with Crippen LogP contribution in [-0.4, -0.2) is 21.2 Å². The molecule has 0 bridgehead atoms. The lowest BCUT2D eigenvalue weighted by atomic mass is 10.2. The van der Waals surface area contributed by atoms with Crippen LogP contribution in [0.1, 0.15) is 12.5 Å². The highest BCUT2D eigenvalue weighted by Crippen LogP contribution is 2.28. The molecule has 0 aromatic heterocycles. The van der Waals surface area contributed by atoms with Gasteiger partial charge in [-0.05, 0) is 19.9 Å². The second-order valence-electron chi connectivity index (χ2n) is 3.30. The van der Waals surface area contributed by atoms with Crippen molar-refractivity contribution in [3.63, 3.8) is 0 Å². The molecular weight excluding hydrogens is 230 g/mol. The van der Waals surface area contributed by atoms with Crippen LogP contribution in [0.3, 0.4) is 0 Å². The Morgan fingerprint density at radius 2 is 2.19 bits per heavy atom. The fourth-order valence-corrected chi connectivity index (χ4v) is 1.95. The number of hydrogen-bond acceptors (Lipinski definition) is 4. The standard InChI is InChI=1S/C10H11NO4S/c1-6-3-4-8(5-9(6)11(14)15)16-7(2)10(12)13/h3-5,7H,1-2H3,(H,12,13). The van der Waals surface area contributed by atoms with Crippen molar-refractivity contribution in [3.05, 3.63) is 33.9 Å². The maximum atomic E-state index is 10.7. The molecule has 1 aromatic carbocycles. The van der Waals surface area contributed by atoms with E-state index in [4.69, 9.17) is 5.11 Å². The van der Waals surface area contributed by atoms with Crippen molar-refractivity contribution in [2.75, 3.05) is 0 Å². The predicted octanol–water partition coefficient (Wildman–Crippen LogP) is 2.47. The van der Waals surface area contributed by atoms with Crippen LogP contribution in [0.4, 0.5) is 5.69 Å². The van der Waals surface area contributed by atoms with Crippen molar-refractivity contribution < 1.29 is 14.8 Å². The number of carboxylic acids is 1. The molecule has 0 saturated carbocycles. The van der Waals surface area contributed by atoms with Gasteiger partial charge in [-0.15, -0.1) is 11.8 Å². The van der Waals surface area contributed by atoms with Crippen LogP contribution in [0.25, 0.3) is 0 Å². The second kappa shape index (κ2) is 4.98. The Balaban J connectivity index is 2.95. The smallest absolute Gasteiger partial charge is 0.316 e. The minimum atomic E-state index is -0.937. The minimum Gasteiger partial charge on any atom is -0.480 e. The van der Waals surface area contributed by atoms with Crippen LogP contribution in [0.5, 0.6) is 0 Å². The number of aliphatic carboxylic acids is 1. The average molecular weight is 241 g/mol. The molecule has 1 rings (SSSR count). The van der Waals surface area contributed by atoms with E-state index in [9.17, 15) is 14.9 Å². The van der Waals surface area contributed by atoms with E-state index in [0.29, 0.717) is 10.5 Å². The molecule has 0 amide bonds. The van der Waals surface area contributed by atoms with Gasteiger partial charge in [-0.2, -0.15) is 0 Å². The quantitative estimate of drug-likeness (QED) is 0.497. The summed E-state index contributed by atoms with van der Waals surface area (Å²) in [6.45, 7) is 3.19. The van der Waals surface area contributed by atoms with Gasteiger partial charge >= 0.3 is 5.97 Å². The Labute approximate surface area is 96.6 Å². The summed E-state index contributed by atoms with van der Waals surface area (Å²) in [6.07, 6.45) is 0. The van der Waals surface area contributed by atoms with Gasteiger partial charge in [0.05, 0.1) is 4.92 Å². The lowest BCUT2D eigenvalue weighted by Crippen LogP contribution is -2.11. The fraction of sp³-hybridized carbons (Fsp3) is 0.300. The van der Waals surface area contributed by atoms with Crippen LogP contribution in [0.15, 0.2) is 23.1 Å². The third-order valence-electron chi connectivity index (χ3n) is 2.04. The highest BCUT2D eigenvalue weighted by atomic mass is 32.2. The summed E-state index contributed by atoms with van der Waals surface area (Å²) in [5.41, 5.74) is 0.583. The molecule has 1 atom stereocenters. The van der Waals surface area contributed by atoms with E-state index >= 15 is 0 Å². The van der Waals surface area contributed by atoms with Crippen molar-refractivity contribution in [2.45, 2.75) is 24.0 Å². The molecule has 1 aromatic rings. The number of aryl methyl sites for hydroxylation is 1. The second-order valence-corrected chi connectivity index (χ2v) is 4.72. The number of hydrogen-bond donors (Lipinski definition) is 1. The SMILES string of the molecule is Cc1ccc(SC(C)C(=O)O)cc1[N+](=O)[O-]. The largest absolute Gasteiger partial charge is 0.480 e. The lowest BCUT2D eigenvalue weighted by molar-refractivity contribution is -0.385. The number of thioether (sulfide) groups is 1. The summed E-state index contributed by atoms with van der Waals surface area (Å²) >= 11 is 1.09. The maximum Gasteiger partial charge on any atom is 0.316 e. The Morgan fingerprint density at radius 3 is 2.69 bits per heavy atom. The molecule has 1 N–H and O–H groups in total. The summed E-state index contributed by atoms with van der Waals surface area (Å²) in [5.74, 6) is -0.937. The van der Waals surface area contributed by atoms with Crippen LogP contribution in [-0.2, 0) is 4.79 Å². The zero-order valence-corrected chi connectivity index (χ0v) is 9.65. The molecular formula is C10H11NO4S. The van der Waals surface area contributed by atoms with Gasteiger partial charge in [-0.25, -0.2) is 0 Å². The first kappa shape index (κ1) is 12.5. The highest BCUT2D eigenvalue weighted by Gasteiger charge is 2.16. The van der Waals surface area contributed by atoms with Crippen molar-refractivity contribution in [1.82, 2.24) is 0 Å². The number of nitrogens with zero attached hydrogens (tertiary/aromatic N) is 1. The van der Waals surface area contributed by atoms with Crippen LogP contribution in [0, 0.1) is 17.0 Å². The van der Waals surface area contributed by atoms with E-state index in [1.807, 2.05) is 0 Å². The lowest BCUT2D eigenvalue weighted by Gasteiger charge is -2.06. The first-order valence-electron chi connectivity index (χ1n) is 4.56. The molecule has 6 heteroatoms. The summed E-state index contributed by atoms with van der Waals surface area (Å²) in [6, 6.07) is 4.71. The molecule has 16 heavy (non-hydrogen) atoms. The van der Waals surface area contributed by atoms with Crippen molar-refractivity contribution >= 4 is 23.4 Å². The van der Waals surface area contributed by atoms with Crippen molar-refractivity contribution in [2.24, 2.45) is 0 Å². The zero-order chi connectivity index (χ0) is 12.3. The number of rotatable bonds is 4. The van der Waals surface area contributed by atoms with E-state index < -0.39 is 16.1 Å². The number of carboxylic acid groups (broad SMARTS) is 1. The molecule has 0 radical (unpaired) electrons. The number of nitro benzene ring substituents is 1. The molecule has 0 spiro atoms. The molecule has 0 aliphatic rings. The number of carbonyl (C=O) groups is 1. The Morgan fingerprint density at radius 1 is 1.56 bits per heavy atom. The molecule has 5 nitrogen and oxygen atoms in total. The number of nitro groups is 1. The van der Waals surface area contributed by atoms with Gasteiger partial charge in [0.15, 0.2) is 0 Å². The topological polar surface area (TPSA) is 80.4 Å². The van der Waals surface area contributed by atoms with E-state index in [1.54, 1.807) is 26.0 Å². The monoisotopic (exact) mass is 241 g/mol. The third kappa shape index (κ3) is 2.96. The van der Waals surface area contributed by atoms with Gasteiger partial charge in [-0.3, -0.25) is 14.9 Å². The molecule has 0 aliphatic carbocycles. The molecule has 0 saturated heterocycles. The van der Waals surface area contributed by atoms with E-state index in [-0.39, 0.29) is 5.69 Å². The zero-order valence-electron chi connectivity index (χ0n) is 8.84. The molecule has 86 valence electrons. The van der Waals surface area contributed by atoms with E-state index in [1.165, 1.54) is 6.07 Å². The molecule has 0 aliphatic heterocycles. The summed E-state index contributed by atoms with van der Waals surface area (Å²) < 4.78 is 0. The summed E-state index contributed by atoms with van der Waals surface area (Å²) in [5, 5.41) is 18.8. The highest BCUT2D eigenvalue weighted by molar-refractivity contribution is 8.00. The maximum absolute atomic E-state index is 10.7. The Hall–Kier alpha value is -1.56. The molecule has 1 unspecified atom stereocenters. The van der Waals surface area contributed by atoms with Gasteiger partial charge in [0.25, 0.3) is 5.69 Å². The average Bonchev–Trinajstić information content (AvgIpc) is 2.20. The first-order chi connectivity index (χ1) is 7.41. The van der Waals surface area contributed by atoms with Crippen LogP contribution in [0.2, 0.25) is 0 Å². The van der Waals surface area contributed by atoms with Gasteiger partial charge < -0.3 is 5.11 Å². The summed E-state index contributed by atoms with van der Waals surface area (Å²) in [7, 11) is 0. The normalized spacial score (nSPS) is 12.1. The third-order valence-corrected chi connectivity index (χ3v) is 3.12. The van der Waals surface area contributed by atoms with Gasteiger partial charge in [0.1, 0.15) is 5.25 Å². The van der Waals surface area contributed by atoms with Crippen LogP contribution < -0.4 is 0 Å². The van der Waals surface area contributed by atoms with Crippen LogP contribution >= 0.6 is 11.8 Å². The van der Waals surface area contributed by atoms with Gasteiger partial charge in [0.2, 0.25) is 0 Å². The van der Waals surface area contributed by atoms with Crippen molar-refractivity contribution in [1.29, 1.82) is 0 Å². The molecule has 0 fully saturated rings. The van der Waals surface area contributed by atoms with Gasteiger partial charge in [-0.1, -0.05) is 6.07 Å². The van der Waals surface area contributed by atoms with E-state index in [0.717, 1.165) is 11.8 Å². The summed E-state index contributed by atoms with van der Waals surface area (Å²) in [4.78, 5) is 21.4. The molecule has 0 heterocycles. The number of benzene rings is 1. The van der Waals surface area contributed by atoms with Crippen molar-refractivity contribution in [3.8, 4) is 0 Å². The minimum absolute atomic E-state index is 0.0163. The Kier molecular flexibility index (Phi) is 3.89. The fourth-order valence-electron chi connectivity index (χ4n) is 1.11. The van der Waals surface area contributed by atoms with Gasteiger partial charge in [0, 0.05) is 16.5 Å². The first-order valence-corrected chi connectivity index (χ1v) is 5.44.